The lowest BCUT2D eigenvalue weighted by Gasteiger charge is -2.30. The van der Waals surface area contributed by atoms with Crippen LogP contribution in [0.3, 0.4) is 0 Å². The molecule has 0 aromatic heterocycles. The van der Waals surface area contributed by atoms with Gasteiger partial charge in [-0.15, -0.1) is 6.58 Å². The summed E-state index contributed by atoms with van der Waals surface area (Å²) in [4.78, 5) is 0. The number of nitrogens with one attached hydrogen (secondary N) is 1. The zero-order chi connectivity index (χ0) is 9.78. The Hall–Kier alpha value is -0.590. The molecule has 0 unspecified atom stereocenters. The Bertz CT molecular complexity index is 166. The number of hydrogen-bond donors (Lipinski definition) is 1. The topological polar surface area (TPSA) is 23.9 Å². The second-order valence-electron chi connectivity index (χ2n) is 4.18. The first-order valence-corrected chi connectivity index (χ1v) is 4.61. The molecule has 0 aromatic rings. The monoisotopic (exact) mass is 167 g/mol. The lowest BCUT2D eigenvalue weighted by Crippen LogP contribution is -2.29. The summed E-state index contributed by atoms with van der Waals surface area (Å²) >= 11 is 0. The SMILES string of the molecule is C=CCCC(=N)C(C)(C)C(C)C. The van der Waals surface area contributed by atoms with E-state index in [0.29, 0.717) is 5.92 Å². The van der Waals surface area contributed by atoms with Crippen LogP contribution in [0.1, 0.15) is 40.5 Å². The summed E-state index contributed by atoms with van der Waals surface area (Å²) in [7, 11) is 0. The van der Waals surface area contributed by atoms with Crippen molar-refractivity contribution < 1.29 is 0 Å². The molecule has 0 saturated carbocycles. The predicted molar refractivity (Wildman–Crippen MR) is 55.8 cm³/mol. The highest BCUT2D eigenvalue weighted by Crippen LogP contribution is 2.29. The maximum Gasteiger partial charge on any atom is 0.0151 e. The molecule has 1 nitrogen and oxygen atoms in total. The van der Waals surface area contributed by atoms with Gasteiger partial charge in [-0.3, -0.25) is 0 Å². The Morgan fingerprint density at radius 3 is 2.33 bits per heavy atom. The van der Waals surface area contributed by atoms with Crippen molar-refractivity contribution in [3.63, 3.8) is 0 Å². The van der Waals surface area contributed by atoms with Crippen LogP contribution in [0.2, 0.25) is 0 Å². The average Bonchev–Trinajstić information content (AvgIpc) is 1.99. The Labute approximate surface area is 76.4 Å². The first-order valence-electron chi connectivity index (χ1n) is 4.61. The van der Waals surface area contributed by atoms with Gasteiger partial charge in [0.15, 0.2) is 0 Å². The van der Waals surface area contributed by atoms with Crippen LogP contribution in [0, 0.1) is 16.7 Å². The maximum atomic E-state index is 7.88. The van der Waals surface area contributed by atoms with E-state index in [2.05, 4.69) is 34.3 Å². The van der Waals surface area contributed by atoms with Gasteiger partial charge in [0.05, 0.1) is 0 Å². The largest absolute Gasteiger partial charge is 0.309 e. The molecule has 0 amide bonds. The van der Waals surface area contributed by atoms with Gasteiger partial charge in [-0.05, 0) is 18.8 Å². The van der Waals surface area contributed by atoms with Crippen LogP contribution in [-0.2, 0) is 0 Å². The number of rotatable bonds is 5. The van der Waals surface area contributed by atoms with Gasteiger partial charge in [0, 0.05) is 11.1 Å². The fourth-order valence-corrected chi connectivity index (χ4v) is 0.917. The molecule has 1 N–H and O–H groups in total. The van der Waals surface area contributed by atoms with Crippen molar-refractivity contribution in [3.8, 4) is 0 Å². The summed E-state index contributed by atoms with van der Waals surface area (Å²) in [5.41, 5.74) is 0.889. The molecule has 70 valence electrons. The third-order valence-electron chi connectivity index (χ3n) is 2.82. The molecule has 0 rings (SSSR count). The van der Waals surface area contributed by atoms with E-state index in [4.69, 9.17) is 5.41 Å². The number of allylic oxidation sites excluding steroid dienone is 1. The van der Waals surface area contributed by atoms with E-state index in [1.165, 1.54) is 0 Å². The molecule has 0 atom stereocenters. The Kier molecular flexibility index (Phi) is 4.22. The minimum Gasteiger partial charge on any atom is -0.309 e. The Morgan fingerprint density at radius 1 is 1.50 bits per heavy atom. The lowest BCUT2D eigenvalue weighted by atomic mass is 9.75. The second-order valence-corrected chi connectivity index (χ2v) is 4.18. The van der Waals surface area contributed by atoms with Crippen LogP contribution in [-0.4, -0.2) is 5.71 Å². The quantitative estimate of drug-likeness (QED) is 0.477. The molecule has 0 aliphatic heterocycles. The highest BCUT2D eigenvalue weighted by Gasteiger charge is 2.26. The smallest absolute Gasteiger partial charge is 0.0151 e. The van der Waals surface area contributed by atoms with Crippen molar-refractivity contribution >= 4 is 5.71 Å². The van der Waals surface area contributed by atoms with Crippen LogP contribution >= 0.6 is 0 Å². The molecule has 0 spiro atoms. The van der Waals surface area contributed by atoms with Crippen molar-refractivity contribution in [2.24, 2.45) is 11.3 Å². The van der Waals surface area contributed by atoms with E-state index < -0.39 is 0 Å². The third kappa shape index (κ3) is 2.80. The van der Waals surface area contributed by atoms with Gasteiger partial charge in [0.1, 0.15) is 0 Å². The fraction of sp³-hybridized carbons (Fsp3) is 0.727. The van der Waals surface area contributed by atoms with Crippen LogP contribution in [0.15, 0.2) is 12.7 Å². The van der Waals surface area contributed by atoms with Crippen molar-refractivity contribution in [2.75, 3.05) is 0 Å². The van der Waals surface area contributed by atoms with Gasteiger partial charge < -0.3 is 5.41 Å². The normalized spacial score (nSPS) is 11.8. The summed E-state index contributed by atoms with van der Waals surface area (Å²) in [5.74, 6) is 0.537. The van der Waals surface area contributed by atoms with E-state index in [-0.39, 0.29) is 5.41 Å². The van der Waals surface area contributed by atoms with E-state index >= 15 is 0 Å². The Balaban J connectivity index is 4.15. The molecule has 0 heterocycles. The van der Waals surface area contributed by atoms with Gasteiger partial charge in [-0.1, -0.05) is 33.8 Å². The van der Waals surface area contributed by atoms with Crippen LogP contribution in [0.5, 0.6) is 0 Å². The minimum atomic E-state index is 0.0447. The summed E-state index contributed by atoms with van der Waals surface area (Å²) < 4.78 is 0. The minimum absolute atomic E-state index is 0.0447. The van der Waals surface area contributed by atoms with Crippen molar-refractivity contribution in [2.45, 2.75) is 40.5 Å². The van der Waals surface area contributed by atoms with E-state index in [1.54, 1.807) is 0 Å². The molecule has 0 bridgehead atoms. The molecule has 1 heteroatoms. The molecule has 0 radical (unpaired) electrons. The number of hydrogen-bond acceptors (Lipinski definition) is 1. The summed E-state index contributed by atoms with van der Waals surface area (Å²) in [5, 5.41) is 7.88. The molecule has 0 aromatic carbocycles. The predicted octanol–water partition coefficient (Wildman–Crippen LogP) is 3.65. The lowest BCUT2D eigenvalue weighted by molar-refractivity contribution is 0.357. The third-order valence-corrected chi connectivity index (χ3v) is 2.82. The summed E-state index contributed by atoms with van der Waals surface area (Å²) in [6.07, 6.45) is 3.66. The highest BCUT2D eigenvalue weighted by atomic mass is 14.5. The van der Waals surface area contributed by atoms with Crippen LogP contribution in [0.25, 0.3) is 0 Å². The molecule has 0 aliphatic rings. The van der Waals surface area contributed by atoms with Gasteiger partial charge in [0.2, 0.25) is 0 Å². The van der Waals surface area contributed by atoms with Crippen molar-refractivity contribution in [1.82, 2.24) is 0 Å². The average molecular weight is 167 g/mol. The van der Waals surface area contributed by atoms with E-state index in [1.807, 2.05) is 6.08 Å². The van der Waals surface area contributed by atoms with Crippen molar-refractivity contribution in [3.05, 3.63) is 12.7 Å². The standard InChI is InChI=1S/C11H21N/c1-6-7-8-10(12)11(4,5)9(2)3/h6,9,12H,1,7-8H2,2-5H3. The van der Waals surface area contributed by atoms with E-state index in [0.717, 1.165) is 18.6 Å². The van der Waals surface area contributed by atoms with Gasteiger partial charge >= 0.3 is 0 Å². The van der Waals surface area contributed by atoms with E-state index in [9.17, 15) is 0 Å². The molecule has 0 fully saturated rings. The first kappa shape index (κ1) is 11.4. The molecular formula is C11H21N. The molecule has 0 aliphatic carbocycles. The molecule has 0 saturated heterocycles. The van der Waals surface area contributed by atoms with Crippen molar-refractivity contribution in [1.29, 1.82) is 5.41 Å². The van der Waals surface area contributed by atoms with Gasteiger partial charge in [0.25, 0.3) is 0 Å². The first-order chi connectivity index (χ1) is 5.42. The zero-order valence-corrected chi connectivity index (χ0v) is 8.78. The van der Waals surface area contributed by atoms with Gasteiger partial charge in [-0.2, -0.15) is 0 Å². The summed E-state index contributed by atoms with van der Waals surface area (Å²) in [6, 6.07) is 0. The van der Waals surface area contributed by atoms with Crippen LogP contribution < -0.4 is 0 Å². The molecular weight excluding hydrogens is 146 g/mol. The molecule has 12 heavy (non-hydrogen) atoms. The maximum absolute atomic E-state index is 7.88. The van der Waals surface area contributed by atoms with Gasteiger partial charge in [-0.25, -0.2) is 0 Å². The second kappa shape index (κ2) is 4.44. The fourth-order valence-electron chi connectivity index (χ4n) is 0.917. The highest BCUT2D eigenvalue weighted by molar-refractivity contribution is 5.87. The van der Waals surface area contributed by atoms with Crippen LogP contribution in [0.4, 0.5) is 0 Å². The zero-order valence-electron chi connectivity index (χ0n) is 8.78. The Morgan fingerprint density at radius 2 is 2.00 bits per heavy atom. The summed E-state index contributed by atoms with van der Waals surface area (Å²) in [6.45, 7) is 12.3.